The Hall–Kier alpha value is -0.830. The summed E-state index contributed by atoms with van der Waals surface area (Å²) in [6, 6.07) is 3.26. The minimum Gasteiger partial charge on any atom is -0.306 e. The van der Waals surface area contributed by atoms with Crippen molar-refractivity contribution in [2.45, 2.75) is 38.3 Å². The maximum absolute atomic E-state index is 4.19. The van der Waals surface area contributed by atoms with Gasteiger partial charge in [0.2, 0.25) is 0 Å². The van der Waals surface area contributed by atoms with Gasteiger partial charge in [-0.15, -0.1) is 0 Å². The Morgan fingerprint density at radius 3 is 3.00 bits per heavy atom. The number of rotatable bonds is 1. The smallest absolute Gasteiger partial charge is 0.0550 e. The van der Waals surface area contributed by atoms with E-state index >= 15 is 0 Å². The maximum Gasteiger partial charge on any atom is 0.0550 e. The van der Waals surface area contributed by atoms with Gasteiger partial charge in [-0.2, -0.15) is 5.10 Å². The molecule has 2 rings (SSSR count). The second-order valence-electron chi connectivity index (χ2n) is 3.93. The van der Waals surface area contributed by atoms with Crippen molar-refractivity contribution >= 4 is 0 Å². The highest BCUT2D eigenvalue weighted by Gasteiger charge is 2.20. The fraction of sp³-hybridized carbons (Fsp3) is 0.700. The van der Waals surface area contributed by atoms with Crippen molar-refractivity contribution in [3.63, 3.8) is 0 Å². The van der Waals surface area contributed by atoms with Crippen LogP contribution in [0.3, 0.4) is 0 Å². The molecule has 3 nitrogen and oxygen atoms in total. The van der Waals surface area contributed by atoms with Gasteiger partial charge in [-0.3, -0.25) is 4.68 Å². The van der Waals surface area contributed by atoms with Crippen LogP contribution in [0, 0.1) is 0 Å². The van der Waals surface area contributed by atoms with Gasteiger partial charge in [0.15, 0.2) is 0 Å². The van der Waals surface area contributed by atoms with Crippen molar-refractivity contribution in [1.29, 1.82) is 0 Å². The van der Waals surface area contributed by atoms with E-state index in [0.717, 1.165) is 0 Å². The van der Waals surface area contributed by atoms with Crippen LogP contribution in [0.4, 0.5) is 0 Å². The predicted octanol–water partition coefficient (Wildman–Crippen LogP) is 1.62. The second-order valence-corrected chi connectivity index (χ2v) is 3.93. The summed E-state index contributed by atoms with van der Waals surface area (Å²) in [6.07, 6.45) is 5.73. The Morgan fingerprint density at radius 2 is 2.38 bits per heavy atom. The molecule has 72 valence electrons. The minimum absolute atomic E-state index is 0.510. The molecule has 3 heteroatoms. The highest BCUT2D eigenvalue weighted by atomic mass is 15.3. The zero-order valence-corrected chi connectivity index (χ0v) is 8.33. The van der Waals surface area contributed by atoms with E-state index in [1.807, 2.05) is 17.9 Å². The van der Waals surface area contributed by atoms with Crippen LogP contribution in [-0.2, 0) is 7.05 Å². The Morgan fingerprint density at radius 1 is 1.54 bits per heavy atom. The van der Waals surface area contributed by atoms with Crippen LogP contribution in [0.5, 0.6) is 0 Å². The predicted molar refractivity (Wildman–Crippen MR) is 52.4 cm³/mol. The SMILES string of the molecule is CC1CCCC(c2ccnn2C)N1. The van der Waals surface area contributed by atoms with Crippen LogP contribution in [0.1, 0.15) is 37.9 Å². The molecule has 1 N–H and O–H groups in total. The number of nitrogens with zero attached hydrogens (tertiary/aromatic N) is 2. The molecule has 1 aromatic heterocycles. The molecule has 2 atom stereocenters. The fourth-order valence-corrected chi connectivity index (χ4v) is 2.10. The maximum atomic E-state index is 4.19. The average Bonchev–Trinajstić information content (AvgIpc) is 2.51. The number of hydrogen-bond donors (Lipinski definition) is 1. The van der Waals surface area contributed by atoms with Crippen molar-refractivity contribution in [3.8, 4) is 0 Å². The molecule has 0 aromatic carbocycles. The van der Waals surface area contributed by atoms with E-state index in [9.17, 15) is 0 Å². The Kier molecular flexibility index (Phi) is 2.36. The number of piperidine rings is 1. The first kappa shape index (κ1) is 8.75. The summed E-state index contributed by atoms with van der Waals surface area (Å²) in [5, 5.41) is 7.79. The number of aryl methyl sites for hydroxylation is 1. The molecule has 0 aliphatic carbocycles. The summed E-state index contributed by atoms with van der Waals surface area (Å²) in [4.78, 5) is 0. The summed E-state index contributed by atoms with van der Waals surface area (Å²) >= 11 is 0. The lowest BCUT2D eigenvalue weighted by Gasteiger charge is -2.28. The van der Waals surface area contributed by atoms with Crippen LogP contribution in [0.2, 0.25) is 0 Å². The third-order valence-electron chi connectivity index (χ3n) is 2.83. The Balaban J connectivity index is 2.12. The molecule has 0 bridgehead atoms. The second kappa shape index (κ2) is 3.50. The fourth-order valence-electron chi connectivity index (χ4n) is 2.10. The number of hydrogen-bond acceptors (Lipinski definition) is 2. The third kappa shape index (κ3) is 1.75. The van der Waals surface area contributed by atoms with E-state index in [1.54, 1.807) is 0 Å². The molecule has 0 saturated carbocycles. The molecule has 1 aliphatic rings. The number of nitrogens with one attached hydrogen (secondary N) is 1. The highest BCUT2D eigenvalue weighted by Crippen LogP contribution is 2.24. The van der Waals surface area contributed by atoms with Gasteiger partial charge >= 0.3 is 0 Å². The van der Waals surface area contributed by atoms with Crippen LogP contribution in [-0.4, -0.2) is 15.8 Å². The third-order valence-corrected chi connectivity index (χ3v) is 2.83. The molecule has 1 aromatic rings. The topological polar surface area (TPSA) is 29.9 Å². The molecule has 0 amide bonds. The van der Waals surface area contributed by atoms with Crippen molar-refractivity contribution in [2.24, 2.45) is 7.05 Å². The standard InChI is InChI=1S/C10H17N3/c1-8-4-3-5-9(12-8)10-6-7-11-13(10)2/h6-9,12H,3-5H2,1-2H3. The molecule has 1 saturated heterocycles. The van der Waals surface area contributed by atoms with E-state index < -0.39 is 0 Å². The first-order valence-corrected chi connectivity index (χ1v) is 5.01. The molecule has 1 aliphatic heterocycles. The van der Waals surface area contributed by atoms with Gasteiger partial charge in [-0.05, 0) is 32.3 Å². The molecule has 2 heterocycles. The Bertz CT molecular complexity index is 279. The number of aromatic nitrogens is 2. The zero-order valence-electron chi connectivity index (χ0n) is 8.33. The summed E-state index contributed by atoms with van der Waals surface area (Å²) in [7, 11) is 2.01. The van der Waals surface area contributed by atoms with Crippen LogP contribution < -0.4 is 5.32 Å². The first-order chi connectivity index (χ1) is 6.27. The largest absolute Gasteiger partial charge is 0.306 e. The van der Waals surface area contributed by atoms with E-state index in [4.69, 9.17) is 0 Å². The molecular weight excluding hydrogens is 162 g/mol. The minimum atomic E-state index is 0.510. The molecule has 13 heavy (non-hydrogen) atoms. The van der Waals surface area contributed by atoms with Crippen molar-refractivity contribution in [3.05, 3.63) is 18.0 Å². The van der Waals surface area contributed by atoms with Gasteiger partial charge in [0.05, 0.1) is 5.69 Å². The lowest BCUT2D eigenvalue weighted by Crippen LogP contribution is -2.35. The molecule has 2 unspecified atom stereocenters. The molecule has 0 radical (unpaired) electrons. The van der Waals surface area contributed by atoms with Gasteiger partial charge in [0.1, 0.15) is 0 Å². The monoisotopic (exact) mass is 179 g/mol. The molecular formula is C10H17N3. The van der Waals surface area contributed by atoms with E-state index in [-0.39, 0.29) is 0 Å². The lowest BCUT2D eigenvalue weighted by atomic mass is 9.97. The summed E-state index contributed by atoms with van der Waals surface area (Å²) in [5.74, 6) is 0. The van der Waals surface area contributed by atoms with E-state index in [0.29, 0.717) is 12.1 Å². The van der Waals surface area contributed by atoms with Crippen LogP contribution in [0.15, 0.2) is 12.3 Å². The first-order valence-electron chi connectivity index (χ1n) is 5.01. The highest BCUT2D eigenvalue weighted by molar-refractivity contribution is 5.07. The van der Waals surface area contributed by atoms with Gasteiger partial charge in [-0.1, -0.05) is 0 Å². The Labute approximate surface area is 79.1 Å². The van der Waals surface area contributed by atoms with Crippen LogP contribution >= 0.6 is 0 Å². The summed E-state index contributed by atoms with van der Waals surface area (Å²) in [5.41, 5.74) is 1.31. The quantitative estimate of drug-likeness (QED) is 0.710. The molecule has 0 spiro atoms. The van der Waals surface area contributed by atoms with Gasteiger partial charge < -0.3 is 5.32 Å². The van der Waals surface area contributed by atoms with Crippen molar-refractivity contribution in [2.75, 3.05) is 0 Å². The lowest BCUT2D eigenvalue weighted by molar-refractivity contribution is 0.329. The van der Waals surface area contributed by atoms with Gasteiger partial charge in [0, 0.05) is 25.3 Å². The molecule has 1 fully saturated rings. The van der Waals surface area contributed by atoms with Crippen molar-refractivity contribution < 1.29 is 0 Å². The van der Waals surface area contributed by atoms with Gasteiger partial charge in [-0.25, -0.2) is 0 Å². The summed E-state index contributed by atoms with van der Waals surface area (Å²) < 4.78 is 1.97. The van der Waals surface area contributed by atoms with E-state index in [1.165, 1.54) is 25.0 Å². The van der Waals surface area contributed by atoms with Gasteiger partial charge in [0.25, 0.3) is 0 Å². The normalized spacial score (nSPS) is 29.1. The average molecular weight is 179 g/mol. The van der Waals surface area contributed by atoms with Crippen molar-refractivity contribution in [1.82, 2.24) is 15.1 Å². The zero-order chi connectivity index (χ0) is 9.26. The van der Waals surface area contributed by atoms with Crippen LogP contribution in [0.25, 0.3) is 0 Å². The van der Waals surface area contributed by atoms with E-state index in [2.05, 4.69) is 23.4 Å². The summed E-state index contributed by atoms with van der Waals surface area (Å²) in [6.45, 7) is 2.25.